The van der Waals surface area contributed by atoms with Crippen LogP contribution in [0.2, 0.25) is 0 Å². The smallest absolute Gasteiger partial charge is 0.305 e. The van der Waals surface area contributed by atoms with Crippen molar-refractivity contribution in [1.82, 2.24) is 10.9 Å². The van der Waals surface area contributed by atoms with Crippen LogP contribution in [0, 0.1) is 12.8 Å². The Labute approximate surface area is 141 Å². The van der Waals surface area contributed by atoms with Gasteiger partial charge in [-0.05, 0) is 25.3 Å². The zero-order valence-corrected chi connectivity index (χ0v) is 14.1. The van der Waals surface area contributed by atoms with Gasteiger partial charge >= 0.3 is 5.91 Å². The SMILES string of the molecule is Cc1c(C(=O)NNC(=O)CCC2CCCCC2)oc2ccccc12. The van der Waals surface area contributed by atoms with Crippen molar-refractivity contribution in [3.8, 4) is 0 Å². The standard InChI is InChI=1S/C19H24N2O3/c1-13-15-9-5-6-10-16(15)24-18(13)19(23)21-20-17(22)12-11-14-7-3-2-4-8-14/h5-6,9-10,14H,2-4,7-8,11-12H2,1H3,(H,20,22)(H,21,23). The molecule has 0 aliphatic heterocycles. The van der Waals surface area contributed by atoms with Gasteiger partial charge in [0, 0.05) is 17.4 Å². The van der Waals surface area contributed by atoms with Crippen LogP contribution in [-0.2, 0) is 4.79 Å². The molecule has 0 saturated heterocycles. The first kappa shape index (κ1) is 16.6. The maximum Gasteiger partial charge on any atom is 0.305 e. The highest BCUT2D eigenvalue weighted by molar-refractivity contribution is 5.99. The van der Waals surface area contributed by atoms with E-state index in [1.807, 2.05) is 31.2 Å². The van der Waals surface area contributed by atoms with Crippen molar-refractivity contribution in [2.75, 3.05) is 0 Å². The predicted molar refractivity (Wildman–Crippen MR) is 92.4 cm³/mol. The molecule has 0 unspecified atom stereocenters. The lowest BCUT2D eigenvalue weighted by Gasteiger charge is -2.20. The Morgan fingerprint density at radius 2 is 1.88 bits per heavy atom. The highest BCUT2D eigenvalue weighted by Crippen LogP contribution is 2.27. The number of carbonyl (C=O) groups is 2. The summed E-state index contributed by atoms with van der Waals surface area (Å²) in [5, 5.41) is 0.909. The summed E-state index contributed by atoms with van der Waals surface area (Å²) in [6.45, 7) is 1.84. The number of fused-ring (bicyclic) bond motifs is 1. The Bertz CT molecular complexity index is 729. The van der Waals surface area contributed by atoms with E-state index in [4.69, 9.17) is 4.42 Å². The molecule has 24 heavy (non-hydrogen) atoms. The number of hydrogen-bond donors (Lipinski definition) is 2. The molecule has 5 nitrogen and oxygen atoms in total. The Hall–Kier alpha value is -2.30. The second-order valence-electron chi connectivity index (χ2n) is 6.60. The fourth-order valence-electron chi connectivity index (χ4n) is 3.45. The molecule has 128 valence electrons. The van der Waals surface area contributed by atoms with Gasteiger partial charge in [0.1, 0.15) is 5.58 Å². The Balaban J connectivity index is 1.50. The van der Waals surface area contributed by atoms with Crippen molar-refractivity contribution < 1.29 is 14.0 Å². The monoisotopic (exact) mass is 328 g/mol. The maximum atomic E-state index is 12.2. The van der Waals surface area contributed by atoms with Crippen LogP contribution < -0.4 is 10.9 Å². The highest BCUT2D eigenvalue weighted by atomic mass is 16.3. The van der Waals surface area contributed by atoms with E-state index in [0.717, 1.165) is 17.4 Å². The first-order valence-electron chi connectivity index (χ1n) is 8.72. The van der Waals surface area contributed by atoms with Crippen LogP contribution in [0.15, 0.2) is 28.7 Å². The topological polar surface area (TPSA) is 71.3 Å². The molecule has 1 aromatic carbocycles. The minimum atomic E-state index is -0.422. The Morgan fingerprint density at radius 1 is 1.12 bits per heavy atom. The lowest BCUT2D eigenvalue weighted by atomic mass is 9.86. The average Bonchev–Trinajstić information content (AvgIpc) is 2.96. The van der Waals surface area contributed by atoms with Gasteiger partial charge in [-0.3, -0.25) is 20.4 Å². The second kappa shape index (κ2) is 7.51. The minimum absolute atomic E-state index is 0.150. The van der Waals surface area contributed by atoms with E-state index >= 15 is 0 Å². The fourth-order valence-corrected chi connectivity index (χ4v) is 3.45. The van der Waals surface area contributed by atoms with Gasteiger partial charge in [0.05, 0.1) is 0 Å². The summed E-state index contributed by atoms with van der Waals surface area (Å²) in [6.07, 6.45) is 7.64. The van der Waals surface area contributed by atoms with E-state index in [1.54, 1.807) is 0 Å². The molecule has 3 rings (SSSR count). The molecule has 1 aromatic heterocycles. The molecule has 1 aliphatic rings. The third kappa shape index (κ3) is 3.78. The number of hydrazine groups is 1. The summed E-state index contributed by atoms with van der Waals surface area (Å²) in [5.41, 5.74) is 6.40. The maximum absolute atomic E-state index is 12.2. The summed E-state index contributed by atoms with van der Waals surface area (Å²) >= 11 is 0. The van der Waals surface area contributed by atoms with Gasteiger partial charge in [-0.1, -0.05) is 50.3 Å². The number of carbonyl (C=O) groups excluding carboxylic acids is 2. The van der Waals surface area contributed by atoms with Crippen LogP contribution in [0.1, 0.15) is 61.1 Å². The lowest BCUT2D eigenvalue weighted by Crippen LogP contribution is -2.41. The zero-order valence-electron chi connectivity index (χ0n) is 14.1. The van der Waals surface area contributed by atoms with Gasteiger partial charge in [0.25, 0.3) is 0 Å². The number of hydrogen-bond acceptors (Lipinski definition) is 3. The van der Waals surface area contributed by atoms with Crippen LogP contribution in [0.25, 0.3) is 11.0 Å². The first-order chi connectivity index (χ1) is 11.6. The number of rotatable bonds is 4. The number of aryl methyl sites for hydroxylation is 1. The van der Waals surface area contributed by atoms with Crippen molar-refractivity contribution in [3.63, 3.8) is 0 Å². The minimum Gasteiger partial charge on any atom is -0.451 e. The van der Waals surface area contributed by atoms with Crippen molar-refractivity contribution >= 4 is 22.8 Å². The largest absolute Gasteiger partial charge is 0.451 e. The van der Waals surface area contributed by atoms with E-state index < -0.39 is 5.91 Å². The third-order valence-electron chi connectivity index (χ3n) is 4.87. The molecule has 2 amide bonds. The molecule has 1 aliphatic carbocycles. The van der Waals surface area contributed by atoms with Gasteiger partial charge in [-0.25, -0.2) is 0 Å². The van der Waals surface area contributed by atoms with Gasteiger partial charge in [0.15, 0.2) is 5.76 Å². The van der Waals surface area contributed by atoms with E-state index in [2.05, 4.69) is 10.9 Å². The van der Waals surface area contributed by atoms with Crippen molar-refractivity contribution in [3.05, 3.63) is 35.6 Å². The van der Waals surface area contributed by atoms with Crippen molar-refractivity contribution in [2.24, 2.45) is 5.92 Å². The Kier molecular flexibility index (Phi) is 5.18. The van der Waals surface area contributed by atoms with E-state index in [0.29, 0.717) is 17.9 Å². The van der Waals surface area contributed by atoms with Gasteiger partial charge in [0.2, 0.25) is 5.91 Å². The quantitative estimate of drug-likeness (QED) is 0.837. The normalized spacial score (nSPS) is 15.4. The number of para-hydroxylation sites is 1. The summed E-state index contributed by atoms with van der Waals surface area (Å²) in [5.74, 6) is 0.319. The van der Waals surface area contributed by atoms with Crippen LogP contribution in [0.3, 0.4) is 0 Å². The van der Waals surface area contributed by atoms with Gasteiger partial charge in [-0.15, -0.1) is 0 Å². The molecular formula is C19H24N2O3. The molecule has 2 N–H and O–H groups in total. The molecule has 5 heteroatoms. The highest BCUT2D eigenvalue weighted by Gasteiger charge is 2.18. The summed E-state index contributed by atoms with van der Waals surface area (Å²) in [6, 6.07) is 7.50. The Morgan fingerprint density at radius 3 is 2.62 bits per heavy atom. The lowest BCUT2D eigenvalue weighted by molar-refractivity contribution is -0.122. The molecule has 0 bridgehead atoms. The van der Waals surface area contributed by atoms with Crippen molar-refractivity contribution in [2.45, 2.75) is 51.9 Å². The van der Waals surface area contributed by atoms with Gasteiger partial charge < -0.3 is 4.42 Å². The third-order valence-corrected chi connectivity index (χ3v) is 4.87. The average molecular weight is 328 g/mol. The number of amides is 2. The zero-order chi connectivity index (χ0) is 16.9. The molecule has 0 radical (unpaired) electrons. The fraction of sp³-hybridized carbons (Fsp3) is 0.474. The van der Waals surface area contributed by atoms with Crippen LogP contribution in [-0.4, -0.2) is 11.8 Å². The summed E-state index contributed by atoms with van der Waals surface area (Å²) < 4.78 is 5.58. The second-order valence-corrected chi connectivity index (χ2v) is 6.60. The van der Waals surface area contributed by atoms with E-state index in [9.17, 15) is 9.59 Å². The molecule has 0 atom stereocenters. The molecule has 1 heterocycles. The van der Waals surface area contributed by atoms with Gasteiger partial charge in [-0.2, -0.15) is 0 Å². The van der Waals surface area contributed by atoms with Crippen LogP contribution in [0.5, 0.6) is 0 Å². The van der Waals surface area contributed by atoms with Crippen molar-refractivity contribution in [1.29, 1.82) is 0 Å². The van der Waals surface area contributed by atoms with Crippen LogP contribution >= 0.6 is 0 Å². The van der Waals surface area contributed by atoms with Crippen LogP contribution in [0.4, 0.5) is 0 Å². The first-order valence-corrected chi connectivity index (χ1v) is 8.72. The van der Waals surface area contributed by atoms with E-state index in [-0.39, 0.29) is 11.7 Å². The molecule has 2 aromatic rings. The van der Waals surface area contributed by atoms with E-state index in [1.165, 1.54) is 32.1 Å². The molecular weight excluding hydrogens is 304 g/mol. The number of nitrogens with one attached hydrogen (secondary N) is 2. The number of furan rings is 1. The molecule has 0 spiro atoms. The summed E-state index contributed by atoms with van der Waals surface area (Å²) in [4.78, 5) is 24.1. The predicted octanol–water partition coefficient (Wildman–Crippen LogP) is 3.86. The summed E-state index contributed by atoms with van der Waals surface area (Å²) in [7, 11) is 0. The number of benzene rings is 1. The molecule has 1 fully saturated rings. The molecule has 1 saturated carbocycles.